The van der Waals surface area contributed by atoms with E-state index in [2.05, 4.69) is 20.9 Å². The SMILES string of the molecule is O=C(O)N1CCC(N(C(=O)c2ccc(Br)cc2)c2ncccc2Cl)C1. The van der Waals surface area contributed by atoms with Gasteiger partial charge in [0.15, 0.2) is 5.82 Å². The van der Waals surface area contributed by atoms with Crippen LogP contribution in [0.15, 0.2) is 47.1 Å². The summed E-state index contributed by atoms with van der Waals surface area (Å²) < 4.78 is 0.865. The molecule has 0 aliphatic carbocycles. The molecule has 0 saturated carbocycles. The molecule has 0 bridgehead atoms. The molecule has 2 aromatic rings. The monoisotopic (exact) mass is 423 g/mol. The number of amides is 2. The third kappa shape index (κ3) is 3.77. The maximum Gasteiger partial charge on any atom is 0.407 e. The first-order valence-electron chi connectivity index (χ1n) is 7.65. The summed E-state index contributed by atoms with van der Waals surface area (Å²) in [5.41, 5.74) is 0.485. The Kier molecular flexibility index (Phi) is 5.24. The van der Waals surface area contributed by atoms with Crippen LogP contribution in [0.1, 0.15) is 16.8 Å². The second kappa shape index (κ2) is 7.41. The van der Waals surface area contributed by atoms with Gasteiger partial charge in [-0.25, -0.2) is 9.78 Å². The number of carboxylic acid groups (broad SMARTS) is 1. The smallest absolute Gasteiger partial charge is 0.407 e. The highest BCUT2D eigenvalue weighted by molar-refractivity contribution is 9.10. The minimum atomic E-state index is -0.995. The molecular formula is C17H15BrClN3O3. The fourth-order valence-corrected chi connectivity index (χ4v) is 3.32. The standard InChI is InChI=1S/C17H15BrClN3O3/c18-12-5-3-11(4-6-12)16(23)22(15-14(19)2-1-8-20-15)13-7-9-21(10-13)17(24)25/h1-6,8,13H,7,9-10H2,(H,24,25). The molecule has 3 rings (SSSR count). The minimum Gasteiger partial charge on any atom is -0.465 e. The molecule has 1 fully saturated rings. The zero-order valence-corrected chi connectivity index (χ0v) is 15.4. The van der Waals surface area contributed by atoms with E-state index in [1.54, 1.807) is 42.6 Å². The average Bonchev–Trinajstić information content (AvgIpc) is 3.07. The van der Waals surface area contributed by atoms with E-state index < -0.39 is 6.09 Å². The highest BCUT2D eigenvalue weighted by atomic mass is 79.9. The van der Waals surface area contributed by atoms with Gasteiger partial charge in [-0.1, -0.05) is 27.5 Å². The Hall–Kier alpha value is -2.12. The summed E-state index contributed by atoms with van der Waals surface area (Å²) in [5.74, 6) is 0.0830. The number of anilines is 1. The van der Waals surface area contributed by atoms with Crippen molar-refractivity contribution in [2.45, 2.75) is 12.5 Å². The quantitative estimate of drug-likeness (QED) is 0.811. The number of hydrogen-bond donors (Lipinski definition) is 1. The minimum absolute atomic E-state index is 0.227. The topological polar surface area (TPSA) is 73.7 Å². The van der Waals surface area contributed by atoms with Gasteiger partial charge in [0.2, 0.25) is 0 Å². The largest absolute Gasteiger partial charge is 0.465 e. The summed E-state index contributed by atoms with van der Waals surface area (Å²) in [6.45, 7) is 0.596. The first kappa shape index (κ1) is 17.7. The number of likely N-dealkylation sites (tertiary alicyclic amines) is 1. The van der Waals surface area contributed by atoms with Crippen LogP contribution < -0.4 is 4.90 Å². The van der Waals surface area contributed by atoms with Gasteiger partial charge >= 0.3 is 6.09 Å². The fourth-order valence-electron chi connectivity index (χ4n) is 2.85. The van der Waals surface area contributed by atoms with E-state index >= 15 is 0 Å². The molecule has 0 spiro atoms. The van der Waals surface area contributed by atoms with Crippen molar-refractivity contribution in [3.05, 3.63) is 57.7 Å². The van der Waals surface area contributed by atoms with E-state index in [9.17, 15) is 14.7 Å². The van der Waals surface area contributed by atoms with Crippen LogP contribution in [0.4, 0.5) is 10.6 Å². The van der Waals surface area contributed by atoms with E-state index in [0.717, 1.165) is 4.47 Å². The van der Waals surface area contributed by atoms with E-state index in [1.807, 2.05) is 0 Å². The molecule has 8 heteroatoms. The van der Waals surface area contributed by atoms with Crippen molar-refractivity contribution in [1.29, 1.82) is 0 Å². The number of carbonyl (C=O) groups excluding carboxylic acids is 1. The predicted molar refractivity (Wildman–Crippen MR) is 98.2 cm³/mol. The van der Waals surface area contributed by atoms with Gasteiger partial charge in [-0.2, -0.15) is 0 Å². The molecule has 6 nitrogen and oxygen atoms in total. The molecule has 1 aliphatic heterocycles. The van der Waals surface area contributed by atoms with Gasteiger partial charge in [-0.15, -0.1) is 0 Å². The predicted octanol–water partition coefficient (Wildman–Crippen LogP) is 3.90. The van der Waals surface area contributed by atoms with Crippen LogP contribution in [0.25, 0.3) is 0 Å². The van der Waals surface area contributed by atoms with Crippen molar-refractivity contribution >= 4 is 45.3 Å². The highest BCUT2D eigenvalue weighted by Gasteiger charge is 2.35. The van der Waals surface area contributed by atoms with Crippen molar-refractivity contribution in [1.82, 2.24) is 9.88 Å². The molecule has 1 atom stereocenters. The van der Waals surface area contributed by atoms with Gasteiger partial charge in [0, 0.05) is 29.3 Å². The van der Waals surface area contributed by atoms with E-state index in [0.29, 0.717) is 29.4 Å². The number of halogens is 2. The zero-order valence-electron chi connectivity index (χ0n) is 13.1. The Morgan fingerprint density at radius 1 is 1.28 bits per heavy atom. The maximum absolute atomic E-state index is 13.1. The summed E-state index contributed by atoms with van der Waals surface area (Å²) in [6, 6.07) is 10.0. The summed E-state index contributed by atoms with van der Waals surface area (Å²) >= 11 is 9.61. The molecular weight excluding hydrogens is 410 g/mol. The van der Waals surface area contributed by atoms with Crippen LogP contribution >= 0.6 is 27.5 Å². The molecule has 25 heavy (non-hydrogen) atoms. The average molecular weight is 425 g/mol. The maximum atomic E-state index is 13.1. The van der Waals surface area contributed by atoms with Gasteiger partial charge in [0.1, 0.15) is 0 Å². The number of benzene rings is 1. The Morgan fingerprint density at radius 2 is 2.00 bits per heavy atom. The van der Waals surface area contributed by atoms with Gasteiger partial charge < -0.3 is 10.0 Å². The molecule has 2 amide bonds. The summed E-state index contributed by atoms with van der Waals surface area (Å²) in [4.78, 5) is 31.4. The lowest BCUT2D eigenvalue weighted by atomic mass is 10.1. The van der Waals surface area contributed by atoms with Crippen molar-refractivity contribution in [3.63, 3.8) is 0 Å². The van der Waals surface area contributed by atoms with Crippen LogP contribution in [0.3, 0.4) is 0 Å². The lowest BCUT2D eigenvalue weighted by Gasteiger charge is -2.28. The van der Waals surface area contributed by atoms with Crippen LogP contribution in [-0.4, -0.2) is 46.1 Å². The molecule has 1 N–H and O–H groups in total. The molecule has 1 aliphatic rings. The van der Waals surface area contributed by atoms with Gasteiger partial charge in [0.05, 0.1) is 11.1 Å². The number of carbonyl (C=O) groups is 2. The number of nitrogens with zero attached hydrogens (tertiary/aromatic N) is 3. The van der Waals surface area contributed by atoms with Gasteiger partial charge in [-0.3, -0.25) is 9.69 Å². The van der Waals surface area contributed by atoms with Crippen LogP contribution in [0.5, 0.6) is 0 Å². The lowest BCUT2D eigenvalue weighted by Crippen LogP contribution is -2.43. The summed E-state index contributed by atoms with van der Waals surface area (Å²) in [7, 11) is 0. The Morgan fingerprint density at radius 3 is 2.60 bits per heavy atom. The van der Waals surface area contributed by atoms with E-state index in [1.165, 1.54) is 9.80 Å². The molecule has 1 aromatic carbocycles. The van der Waals surface area contributed by atoms with Crippen molar-refractivity contribution in [2.24, 2.45) is 0 Å². The summed E-state index contributed by atoms with van der Waals surface area (Å²) in [5, 5.41) is 9.55. The fraction of sp³-hybridized carbons (Fsp3) is 0.235. The number of rotatable bonds is 3. The van der Waals surface area contributed by atoms with Gasteiger partial charge in [0.25, 0.3) is 5.91 Å². The molecule has 1 saturated heterocycles. The first-order valence-corrected chi connectivity index (χ1v) is 8.82. The third-order valence-electron chi connectivity index (χ3n) is 4.08. The number of hydrogen-bond acceptors (Lipinski definition) is 3. The van der Waals surface area contributed by atoms with Crippen LogP contribution in [-0.2, 0) is 0 Å². The number of aromatic nitrogens is 1. The second-order valence-corrected chi connectivity index (χ2v) is 6.98. The van der Waals surface area contributed by atoms with E-state index in [-0.39, 0.29) is 18.5 Å². The Labute approximate surface area is 158 Å². The molecule has 1 aromatic heterocycles. The van der Waals surface area contributed by atoms with Crippen LogP contribution in [0.2, 0.25) is 5.02 Å². The molecule has 2 heterocycles. The zero-order chi connectivity index (χ0) is 18.0. The second-order valence-electron chi connectivity index (χ2n) is 5.66. The lowest BCUT2D eigenvalue weighted by molar-refractivity contribution is 0.0974. The highest BCUT2D eigenvalue weighted by Crippen LogP contribution is 2.29. The first-order chi connectivity index (χ1) is 12.0. The van der Waals surface area contributed by atoms with Crippen molar-refractivity contribution in [2.75, 3.05) is 18.0 Å². The molecule has 0 radical (unpaired) electrons. The molecule has 1 unspecified atom stereocenters. The Balaban J connectivity index is 1.98. The Bertz CT molecular complexity index is 800. The summed E-state index contributed by atoms with van der Waals surface area (Å²) in [6.07, 6.45) is 1.10. The van der Waals surface area contributed by atoms with Crippen molar-refractivity contribution in [3.8, 4) is 0 Å². The molecule has 130 valence electrons. The van der Waals surface area contributed by atoms with E-state index in [4.69, 9.17) is 11.6 Å². The van der Waals surface area contributed by atoms with Gasteiger partial charge in [-0.05, 0) is 42.8 Å². The van der Waals surface area contributed by atoms with Crippen molar-refractivity contribution < 1.29 is 14.7 Å². The van der Waals surface area contributed by atoms with Crippen LogP contribution in [0, 0.1) is 0 Å². The number of pyridine rings is 1. The normalized spacial score (nSPS) is 16.7. The third-order valence-corrected chi connectivity index (χ3v) is 4.90.